The number of amides is 1. The van der Waals surface area contributed by atoms with Crippen LogP contribution in [0, 0.1) is 0 Å². The minimum Gasteiger partial charge on any atom is -0.347 e. The fourth-order valence-electron chi connectivity index (χ4n) is 1.93. The Kier molecular flexibility index (Phi) is 3.46. The van der Waals surface area contributed by atoms with E-state index in [2.05, 4.69) is 25.3 Å². The molecule has 3 heterocycles. The Balaban J connectivity index is 1.70. The average Bonchev–Trinajstić information content (AvgIpc) is 3.20. The molecule has 0 spiro atoms. The summed E-state index contributed by atoms with van der Waals surface area (Å²) >= 11 is 0. The van der Waals surface area contributed by atoms with Gasteiger partial charge in [0, 0.05) is 31.0 Å². The summed E-state index contributed by atoms with van der Waals surface area (Å²) in [4.78, 5) is 27.4. The Morgan fingerprint density at radius 3 is 2.86 bits per heavy atom. The summed E-state index contributed by atoms with van der Waals surface area (Å²) < 4.78 is 1.77. The van der Waals surface area contributed by atoms with Crippen LogP contribution in [0.2, 0.25) is 0 Å². The van der Waals surface area contributed by atoms with Crippen molar-refractivity contribution >= 4 is 5.91 Å². The molecule has 7 heteroatoms. The first-order valence-corrected chi connectivity index (χ1v) is 6.48. The Bertz CT molecular complexity index is 703. The van der Waals surface area contributed by atoms with Crippen LogP contribution in [0.25, 0.3) is 5.82 Å². The highest BCUT2D eigenvalue weighted by Gasteiger charge is 2.13. The molecule has 0 bridgehead atoms. The van der Waals surface area contributed by atoms with Gasteiger partial charge in [0.25, 0.3) is 5.91 Å². The van der Waals surface area contributed by atoms with E-state index in [4.69, 9.17) is 0 Å². The number of carbonyl (C=O) groups is 1. The standard InChI is InChI=1S/C14H14N6O/c1-10(13-16-4-5-17-13)19-14(21)11-2-3-12(18-8-11)20-7-6-15-9-20/h2-10H,1H3,(H,16,17)(H,19,21). The Labute approximate surface area is 121 Å². The maximum Gasteiger partial charge on any atom is 0.253 e. The van der Waals surface area contributed by atoms with Gasteiger partial charge in [-0.1, -0.05) is 0 Å². The quantitative estimate of drug-likeness (QED) is 0.758. The van der Waals surface area contributed by atoms with Crippen LogP contribution in [0.1, 0.15) is 29.1 Å². The zero-order chi connectivity index (χ0) is 14.7. The van der Waals surface area contributed by atoms with Crippen LogP contribution in [0.5, 0.6) is 0 Å². The van der Waals surface area contributed by atoms with Gasteiger partial charge in [0.05, 0.1) is 11.6 Å². The van der Waals surface area contributed by atoms with E-state index in [0.717, 1.165) is 0 Å². The molecule has 0 aliphatic heterocycles. The van der Waals surface area contributed by atoms with E-state index in [1.54, 1.807) is 54.0 Å². The first-order valence-electron chi connectivity index (χ1n) is 6.48. The van der Waals surface area contributed by atoms with Gasteiger partial charge in [-0.05, 0) is 19.1 Å². The van der Waals surface area contributed by atoms with Crippen LogP contribution in [-0.4, -0.2) is 30.4 Å². The molecule has 0 fully saturated rings. The van der Waals surface area contributed by atoms with E-state index in [1.165, 1.54) is 0 Å². The lowest BCUT2D eigenvalue weighted by Gasteiger charge is -2.11. The molecule has 3 aromatic heterocycles. The molecular formula is C14H14N6O. The van der Waals surface area contributed by atoms with E-state index in [1.807, 2.05) is 6.92 Å². The third kappa shape index (κ3) is 2.81. The number of nitrogens with zero attached hydrogens (tertiary/aromatic N) is 4. The summed E-state index contributed by atoms with van der Waals surface area (Å²) in [7, 11) is 0. The number of aromatic amines is 1. The van der Waals surface area contributed by atoms with E-state index in [0.29, 0.717) is 17.2 Å². The minimum atomic E-state index is -0.194. The van der Waals surface area contributed by atoms with Crippen molar-refractivity contribution in [3.05, 3.63) is 60.8 Å². The molecule has 0 radical (unpaired) electrons. The molecule has 7 nitrogen and oxygen atoms in total. The highest BCUT2D eigenvalue weighted by molar-refractivity contribution is 5.94. The largest absolute Gasteiger partial charge is 0.347 e. The van der Waals surface area contributed by atoms with Crippen molar-refractivity contribution in [2.24, 2.45) is 0 Å². The van der Waals surface area contributed by atoms with Gasteiger partial charge in [-0.2, -0.15) is 0 Å². The molecule has 21 heavy (non-hydrogen) atoms. The Morgan fingerprint density at radius 1 is 1.33 bits per heavy atom. The van der Waals surface area contributed by atoms with Crippen LogP contribution in [0.4, 0.5) is 0 Å². The number of carbonyl (C=O) groups excluding carboxylic acids is 1. The third-order valence-electron chi connectivity index (χ3n) is 3.06. The maximum absolute atomic E-state index is 12.1. The van der Waals surface area contributed by atoms with E-state index in [9.17, 15) is 4.79 Å². The van der Waals surface area contributed by atoms with Gasteiger partial charge >= 0.3 is 0 Å². The summed E-state index contributed by atoms with van der Waals surface area (Å²) in [5, 5.41) is 2.86. The average molecular weight is 282 g/mol. The molecule has 0 aliphatic carbocycles. The SMILES string of the molecule is CC(NC(=O)c1ccc(-n2ccnc2)nc1)c1ncc[nH]1. The van der Waals surface area contributed by atoms with Gasteiger partial charge in [0.2, 0.25) is 0 Å². The van der Waals surface area contributed by atoms with Crippen molar-refractivity contribution in [3.63, 3.8) is 0 Å². The molecule has 3 rings (SSSR count). The van der Waals surface area contributed by atoms with Crippen LogP contribution < -0.4 is 5.32 Å². The van der Waals surface area contributed by atoms with Crippen molar-refractivity contribution in [2.45, 2.75) is 13.0 Å². The van der Waals surface area contributed by atoms with Crippen LogP contribution in [0.15, 0.2) is 49.4 Å². The monoisotopic (exact) mass is 282 g/mol. The van der Waals surface area contributed by atoms with Gasteiger partial charge in [0.15, 0.2) is 0 Å². The summed E-state index contributed by atoms with van der Waals surface area (Å²) in [6, 6.07) is 3.31. The number of nitrogens with one attached hydrogen (secondary N) is 2. The number of hydrogen-bond acceptors (Lipinski definition) is 4. The Hall–Kier alpha value is -2.96. The van der Waals surface area contributed by atoms with Gasteiger partial charge in [-0.25, -0.2) is 15.0 Å². The summed E-state index contributed by atoms with van der Waals surface area (Å²) in [5.41, 5.74) is 0.497. The smallest absolute Gasteiger partial charge is 0.253 e. The number of H-pyrrole nitrogens is 1. The highest BCUT2D eigenvalue weighted by atomic mass is 16.1. The molecule has 0 saturated carbocycles. The van der Waals surface area contributed by atoms with Crippen molar-refractivity contribution in [1.82, 2.24) is 29.8 Å². The minimum absolute atomic E-state index is 0.191. The van der Waals surface area contributed by atoms with Gasteiger partial charge < -0.3 is 10.3 Å². The second-order valence-electron chi connectivity index (χ2n) is 4.54. The van der Waals surface area contributed by atoms with Crippen LogP contribution in [-0.2, 0) is 0 Å². The summed E-state index contributed by atoms with van der Waals surface area (Å²) in [5.74, 6) is 1.23. The zero-order valence-corrected chi connectivity index (χ0v) is 11.4. The molecule has 0 saturated heterocycles. The normalized spacial score (nSPS) is 12.0. The lowest BCUT2D eigenvalue weighted by molar-refractivity contribution is 0.0938. The molecule has 0 aromatic carbocycles. The first kappa shape index (κ1) is 13.0. The topological polar surface area (TPSA) is 88.5 Å². The molecule has 2 N–H and O–H groups in total. The van der Waals surface area contributed by atoms with Crippen LogP contribution >= 0.6 is 0 Å². The molecule has 1 atom stereocenters. The lowest BCUT2D eigenvalue weighted by Crippen LogP contribution is -2.27. The maximum atomic E-state index is 12.1. The summed E-state index contributed by atoms with van der Waals surface area (Å²) in [6.45, 7) is 1.87. The fraction of sp³-hybridized carbons (Fsp3) is 0.143. The number of rotatable bonds is 4. The highest BCUT2D eigenvalue weighted by Crippen LogP contribution is 2.09. The first-order chi connectivity index (χ1) is 10.2. The molecule has 1 amide bonds. The molecule has 0 aliphatic rings. The predicted octanol–water partition coefficient (Wildman–Crippen LogP) is 1.48. The molecule has 1 unspecified atom stereocenters. The van der Waals surface area contributed by atoms with E-state index in [-0.39, 0.29) is 11.9 Å². The number of hydrogen-bond donors (Lipinski definition) is 2. The van der Waals surface area contributed by atoms with Crippen molar-refractivity contribution in [3.8, 4) is 5.82 Å². The predicted molar refractivity (Wildman–Crippen MR) is 75.8 cm³/mol. The van der Waals surface area contributed by atoms with Crippen LogP contribution in [0.3, 0.4) is 0 Å². The van der Waals surface area contributed by atoms with Gasteiger partial charge in [-0.3, -0.25) is 9.36 Å². The van der Waals surface area contributed by atoms with E-state index < -0.39 is 0 Å². The van der Waals surface area contributed by atoms with Crippen molar-refractivity contribution in [2.75, 3.05) is 0 Å². The lowest BCUT2D eigenvalue weighted by atomic mass is 10.2. The molecule has 3 aromatic rings. The molecular weight excluding hydrogens is 268 g/mol. The number of aromatic nitrogens is 5. The fourth-order valence-corrected chi connectivity index (χ4v) is 1.93. The Morgan fingerprint density at radius 2 is 2.24 bits per heavy atom. The second kappa shape index (κ2) is 5.58. The van der Waals surface area contributed by atoms with Gasteiger partial charge in [-0.15, -0.1) is 0 Å². The summed E-state index contributed by atoms with van der Waals surface area (Å²) in [6.07, 6.45) is 10.0. The number of imidazole rings is 2. The number of pyridine rings is 1. The molecule has 106 valence electrons. The zero-order valence-electron chi connectivity index (χ0n) is 11.4. The third-order valence-corrected chi connectivity index (χ3v) is 3.06. The van der Waals surface area contributed by atoms with Crippen molar-refractivity contribution < 1.29 is 4.79 Å². The van der Waals surface area contributed by atoms with Crippen molar-refractivity contribution in [1.29, 1.82) is 0 Å². The second-order valence-corrected chi connectivity index (χ2v) is 4.54. The van der Waals surface area contributed by atoms with E-state index >= 15 is 0 Å². The van der Waals surface area contributed by atoms with Gasteiger partial charge in [0.1, 0.15) is 18.0 Å².